The van der Waals surface area contributed by atoms with Crippen LogP contribution < -0.4 is 21.1 Å². The van der Waals surface area contributed by atoms with Crippen LogP contribution in [0.25, 0.3) is 82.5 Å². The second kappa shape index (κ2) is 16.8. The molecule has 0 bridgehead atoms. The van der Waals surface area contributed by atoms with Crippen molar-refractivity contribution in [3.63, 3.8) is 0 Å². The fourth-order valence-corrected chi connectivity index (χ4v) is 11.9. The summed E-state index contributed by atoms with van der Waals surface area (Å²) in [5.74, 6) is 0. The van der Waals surface area contributed by atoms with Crippen molar-refractivity contribution in [2.75, 3.05) is 10.2 Å². The fraction of sp³-hybridized carbons (Fsp3) is 0.229. The number of nitrogens with zero attached hydrogens (tertiary/aromatic N) is 2. The van der Waals surface area contributed by atoms with Gasteiger partial charge >= 0.3 is 0 Å². The van der Waals surface area contributed by atoms with Crippen LogP contribution in [0.1, 0.15) is 105 Å². The fourth-order valence-electron chi connectivity index (χ4n) is 11.9. The third kappa shape index (κ3) is 7.74. The summed E-state index contributed by atoms with van der Waals surface area (Å²) < 4.78 is 16.6. The summed E-state index contributed by atoms with van der Waals surface area (Å²) in [7, 11) is 0.696. The van der Waals surface area contributed by atoms with Gasteiger partial charge in [-0.1, -0.05) is 173 Å². The number of benzene rings is 9. The van der Waals surface area contributed by atoms with E-state index >= 15 is 0 Å². The zero-order chi connectivity index (χ0) is 52.8. The molecule has 0 saturated heterocycles. The van der Waals surface area contributed by atoms with E-state index in [1.807, 2.05) is 0 Å². The highest BCUT2D eigenvalue weighted by Crippen LogP contribution is 2.49. The summed E-state index contributed by atoms with van der Waals surface area (Å²) in [5, 5.41) is 10.8. The van der Waals surface area contributed by atoms with Crippen molar-refractivity contribution in [2.24, 2.45) is 0 Å². The Hall–Kier alpha value is -7.96. The standard InChI is InChI=1S/C70H66BN3O2/c1-67(2,3)41-21-28-45(29-22-41)72-55-40-60-51(49-17-13-15-19-58(49)75-60)39-52(55)63-64-65-61(62-50-18-14-16-20-59(50)76-66(62)63)53-37-44(70(10,11)12)27-36-56(53)74(65)57-38-48(34-35-54(57)71-64)73(46-30-23-42(24-31-46)68(4,5)6)47-32-25-43(26-33-47)69(7,8)9/h13-40,71-72H,1-12H3. The van der Waals surface area contributed by atoms with Gasteiger partial charge in [0.2, 0.25) is 0 Å². The largest absolute Gasteiger partial charge is 0.456 e. The molecule has 76 heavy (non-hydrogen) atoms. The summed E-state index contributed by atoms with van der Waals surface area (Å²) in [6.07, 6.45) is 0. The Morgan fingerprint density at radius 3 is 1.59 bits per heavy atom. The average molecular weight is 992 g/mol. The number of anilines is 5. The Bertz CT molecular complexity index is 4240. The van der Waals surface area contributed by atoms with E-state index in [0.29, 0.717) is 7.28 Å². The van der Waals surface area contributed by atoms with E-state index in [9.17, 15) is 0 Å². The first-order valence-electron chi connectivity index (χ1n) is 27.1. The van der Waals surface area contributed by atoms with Gasteiger partial charge < -0.3 is 23.6 Å². The second-order valence-electron chi connectivity index (χ2n) is 25.6. The molecule has 1 aliphatic rings. The third-order valence-electron chi connectivity index (χ3n) is 16.2. The lowest BCUT2D eigenvalue weighted by Gasteiger charge is -2.30. The van der Waals surface area contributed by atoms with Gasteiger partial charge in [0, 0.05) is 77.9 Å². The van der Waals surface area contributed by atoms with E-state index < -0.39 is 0 Å². The third-order valence-corrected chi connectivity index (χ3v) is 16.2. The van der Waals surface area contributed by atoms with E-state index in [4.69, 9.17) is 8.83 Å². The van der Waals surface area contributed by atoms with E-state index in [1.54, 1.807) is 0 Å². The van der Waals surface area contributed by atoms with Gasteiger partial charge in [0.1, 0.15) is 22.3 Å². The SMILES string of the molecule is CC(C)(C)c1ccc(Nc2cc3oc4ccccc4c3cc2-c2c3c4c(c5cc(C(C)(C)C)ccc5n4-c4cc(N(c5ccc(C(C)(C)C)cc5)c5ccc(C(C)(C)C)cc5)ccc4B3)c3c2oc2ccccc23)cc1. The zero-order valence-corrected chi connectivity index (χ0v) is 46.1. The Kier molecular flexibility index (Phi) is 10.5. The second-order valence-corrected chi connectivity index (χ2v) is 25.6. The van der Waals surface area contributed by atoms with Crippen molar-refractivity contribution in [2.45, 2.75) is 105 Å². The molecule has 0 saturated carbocycles. The van der Waals surface area contributed by atoms with Gasteiger partial charge in [0.15, 0.2) is 7.28 Å². The highest BCUT2D eigenvalue weighted by atomic mass is 16.3. The predicted octanol–water partition coefficient (Wildman–Crippen LogP) is 18.4. The molecule has 1 N–H and O–H groups in total. The van der Waals surface area contributed by atoms with E-state index in [0.717, 1.165) is 83.4 Å². The summed E-state index contributed by atoms with van der Waals surface area (Å²) in [4.78, 5) is 2.43. The lowest BCUT2D eigenvalue weighted by atomic mass is 9.58. The molecule has 13 rings (SSSR count). The first-order valence-corrected chi connectivity index (χ1v) is 27.1. The molecular formula is C70H66BN3O2. The Balaban J connectivity index is 1.12. The molecule has 6 heteroatoms. The van der Waals surface area contributed by atoms with Crippen molar-refractivity contribution in [1.82, 2.24) is 4.57 Å². The van der Waals surface area contributed by atoms with E-state index in [2.05, 4.69) is 268 Å². The number of para-hydroxylation sites is 2. The molecule has 0 radical (unpaired) electrons. The number of rotatable bonds is 6. The van der Waals surface area contributed by atoms with Gasteiger partial charge in [0.25, 0.3) is 0 Å². The van der Waals surface area contributed by atoms with Gasteiger partial charge in [-0.25, -0.2) is 0 Å². The van der Waals surface area contributed by atoms with E-state index in [-0.39, 0.29) is 21.7 Å². The molecule has 4 heterocycles. The number of furan rings is 2. The van der Waals surface area contributed by atoms with Crippen molar-refractivity contribution in [3.05, 3.63) is 192 Å². The van der Waals surface area contributed by atoms with Crippen LogP contribution >= 0.6 is 0 Å². The minimum absolute atomic E-state index is 0.0265. The van der Waals surface area contributed by atoms with Crippen LogP contribution in [0.2, 0.25) is 0 Å². The molecule has 0 aliphatic carbocycles. The number of hydrogen-bond donors (Lipinski definition) is 1. The van der Waals surface area contributed by atoms with Crippen LogP contribution in [0.5, 0.6) is 0 Å². The summed E-state index contributed by atoms with van der Waals surface area (Å²) in [6.45, 7) is 27.4. The predicted molar refractivity (Wildman–Crippen MR) is 326 cm³/mol. The van der Waals surface area contributed by atoms with Crippen LogP contribution in [-0.4, -0.2) is 11.8 Å². The van der Waals surface area contributed by atoms with Crippen molar-refractivity contribution in [3.8, 4) is 16.8 Å². The van der Waals surface area contributed by atoms with Gasteiger partial charge in [-0.05, 0) is 128 Å². The van der Waals surface area contributed by atoms with Crippen LogP contribution in [0.3, 0.4) is 0 Å². The molecule has 0 spiro atoms. The molecule has 12 aromatic rings. The van der Waals surface area contributed by atoms with Crippen molar-refractivity contribution in [1.29, 1.82) is 0 Å². The highest BCUT2D eigenvalue weighted by Gasteiger charge is 2.34. The van der Waals surface area contributed by atoms with Gasteiger partial charge in [-0.15, -0.1) is 0 Å². The molecule has 0 fully saturated rings. The molecule has 9 aromatic carbocycles. The minimum atomic E-state index is -0.0752. The topological polar surface area (TPSA) is 46.5 Å². The van der Waals surface area contributed by atoms with Crippen LogP contribution in [0.4, 0.5) is 28.4 Å². The molecule has 376 valence electrons. The summed E-state index contributed by atoms with van der Waals surface area (Å²) in [6, 6.07) is 63.2. The smallest absolute Gasteiger partial charge is 0.198 e. The molecule has 0 unspecified atom stereocenters. The van der Waals surface area contributed by atoms with Crippen LogP contribution in [-0.2, 0) is 21.7 Å². The van der Waals surface area contributed by atoms with Gasteiger partial charge in [-0.2, -0.15) is 0 Å². The summed E-state index contributed by atoms with van der Waals surface area (Å²) in [5.41, 5.74) is 22.2. The quantitative estimate of drug-likeness (QED) is 0.169. The van der Waals surface area contributed by atoms with E-state index in [1.165, 1.54) is 60.7 Å². The molecule has 1 aliphatic heterocycles. The molecular weight excluding hydrogens is 926 g/mol. The normalized spacial score (nSPS) is 13.1. The Morgan fingerprint density at radius 2 is 0.987 bits per heavy atom. The number of aromatic nitrogens is 1. The highest BCUT2D eigenvalue weighted by molar-refractivity contribution is 6.74. The maximum atomic E-state index is 7.34. The number of nitrogens with one attached hydrogen (secondary N) is 1. The Morgan fingerprint density at radius 1 is 0.447 bits per heavy atom. The molecule has 0 amide bonds. The van der Waals surface area contributed by atoms with Crippen molar-refractivity contribution >= 4 is 112 Å². The maximum Gasteiger partial charge on any atom is 0.198 e. The number of hydrogen-bond acceptors (Lipinski definition) is 4. The van der Waals surface area contributed by atoms with Gasteiger partial charge in [-0.3, -0.25) is 0 Å². The monoisotopic (exact) mass is 992 g/mol. The lowest BCUT2D eigenvalue weighted by molar-refractivity contribution is 0.590. The maximum absolute atomic E-state index is 7.34. The summed E-state index contributed by atoms with van der Waals surface area (Å²) >= 11 is 0. The number of fused-ring (bicyclic) bond motifs is 12. The first-order chi connectivity index (χ1) is 36.2. The first kappa shape index (κ1) is 47.7. The van der Waals surface area contributed by atoms with Crippen LogP contribution in [0, 0.1) is 0 Å². The molecule has 3 aromatic heterocycles. The van der Waals surface area contributed by atoms with Crippen molar-refractivity contribution < 1.29 is 8.83 Å². The van der Waals surface area contributed by atoms with Crippen LogP contribution in [0.15, 0.2) is 179 Å². The Labute approximate surface area is 447 Å². The average Bonchev–Trinajstić information content (AvgIpc) is 4.20. The van der Waals surface area contributed by atoms with Gasteiger partial charge in [0.05, 0.1) is 16.7 Å². The molecule has 0 atom stereocenters. The zero-order valence-electron chi connectivity index (χ0n) is 46.1. The molecule has 5 nitrogen and oxygen atoms in total. The lowest BCUT2D eigenvalue weighted by Crippen LogP contribution is -2.37. The minimum Gasteiger partial charge on any atom is -0.456 e.